The topological polar surface area (TPSA) is 70.1 Å². The number of halogens is 3. The van der Waals surface area contributed by atoms with Crippen molar-refractivity contribution in [3.63, 3.8) is 0 Å². The minimum absolute atomic E-state index is 0.0691. The Hall–Kier alpha value is -2.35. The normalized spacial score (nSPS) is 12.8. The first kappa shape index (κ1) is 16.0. The number of hydrogen-bond acceptors (Lipinski definition) is 5. The molecule has 0 bridgehead atoms. The Morgan fingerprint density at radius 3 is 2.73 bits per heavy atom. The number of hydrogen-bond donors (Lipinski definition) is 3. The van der Waals surface area contributed by atoms with Gasteiger partial charge in [0.1, 0.15) is 5.82 Å². The van der Waals surface area contributed by atoms with Gasteiger partial charge in [0.2, 0.25) is 5.95 Å². The minimum Gasteiger partial charge on any atom is -0.394 e. The fourth-order valence-corrected chi connectivity index (χ4v) is 1.70. The van der Waals surface area contributed by atoms with Crippen molar-refractivity contribution in [2.75, 3.05) is 17.2 Å². The molecular formula is C14H15F3N4O. The van der Waals surface area contributed by atoms with E-state index in [2.05, 4.69) is 20.6 Å². The van der Waals surface area contributed by atoms with Crippen LogP contribution in [0.5, 0.6) is 0 Å². The van der Waals surface area contributed by atoms with Crippen molar-refractivity contribution < 1.29 is 18.3 Å². The second-order valence-corrected chi connectivity index (χ2v) is 4.70. The third-order valence-electron chi connectivity index (χ3n) is 2.77. The molecule has 0 aliphatic heterocycles. The van der Waals surface area contributed by atoms with Crippen LogP contribution in [-0.4, -0.2) is 27.7 Å². The molecule has 2 rings (SSSR count). The van der Waals surface area contributed by atoms with Gasteiger partial charge in [-0.1, -0.05) is 6.07 Å². The largest absolute Gasteiger partial charge is 0.416 e. The van der Waals surface area contributed by atoms with Gasteiger partial charge < -0.3 is 15.7 Å². The van der Waals surface area contributed by atoms with Gasteiger partial charge >= 0.3 is 6.18 Å². The first-order valence-electron chi connectivity index (χ1n) is 6.53. The highest BCUT2D eigenvalue weighted by atomic mass is 19.4. The molecule has 0 aliphatic rings. The van der Waals surface area contributed by atoms with Gasteiger partial charge in [0.25, 0.3) is 0 Å². The maximum atomic E-state index is 12.7. The molecule has 0 radical (unpaired) electrons. The van der Waals surface area contributed by atoms with Crippen LogP contribution in [0, 0.1) is 0 Å². The third-order valence-corrected chi connectivity index (χ3v) is 2.77. The fourth-order valence-electron chi connectivity index (χ4n) is 1.70. The van der Waals surface area contributed by atoms with Gasteiger partial charge in [-0.05, 0) is 31.2 Å². The van der Waals surface area contributed by atoms with Gasteiger partial charge in [0.15, 0.2) is 0 Å². The number of alkyl halides is 3. The standard InChI is InChI=1S/C14H15F3N4O/c1-9(8-22)19-12-5-6-18-13(21-12)20-11-4-2-3-10(7-11)14(15,16)17/h2-7,9,22H,8H2,1H3,(H2,18,19,20,21)/t9-/m1/s1. The lowest BCUT2D eigenvalue weighted by atomic mass is 10.2. The molecule has 1 aromatic heterocycles. The van der Waals surface area contributed by atoms with Crippen molar-refractivity contribution >= 4 is 17.5 Å². The number of benzene rings is 1. The molecule has 0 amide bonds. The van der Waals surface area contributed by atoms with Crippen LogP contribution in [0.2, 0.25) is 0 Å². The lowest BCUT2D eigenvalue weighted by Crippen LogP contribution is -2.20. The zero-order chi connectivity index (χ0) is 16.2. The van der Waals surface area contributed by atoms with Crippen LogP contribution in [0.1, 0.15) is 12.5 Å². The predicted molar refractivity (Wildman–Crippen MR) is 76.9 cm³/mol. The van der Waals surface area contributed by atoms with E-state index in [1.165, 1.54) is 18.3 Å². The van der Waals surface area contributed by atoms with E-state index in [1.807, 2.05) is 0 Å². The highest BCUT2D eigenvalue weighted by Gasteiger charge is 2.30. The molecule has 0 aliphatic carbocycles. The summed E-state index contributed by atoms with van der Waals surface area (Å²) in [4.78, 5) is 8.08. The summed E-state index contributed by atoms with van der Waals surface area (Å²) in [6, 6.07) is 6.18. The van der Waals surface area contributed by atoms with Crippen LogP contribution < -0.4 is 10.6 Å². The molecule has 2 aromatic rings. The van der Waals surface area contributed by atoms with Gasteiger partial charge in [-0.3, -0.25) is 0 Å². The molecule has 1 atom stereocenters. The van der Waals surface area contributed by atoms with Crippen LogP contribution in [0.3, 0.4) is 0 Å². The van der Waals surface area contributed by atoms with E-state index in [-0.39, 0.29) is 24.3 Å². The highest BCUT2D eigenvalue weighted by Crippen LogP contribution is 2.31. The molecule has 0 saturated heterocycles. The van der Waals surface area contributed by atoms with Gasteiger partial charge in [-0.25, -0.2) is 4.98 Å². The highest BCUT2D eigenvalue weighted by molar-refractivity contribution is 5.56. The molecule has 1 aromatic carbocycles. The van der Waals surface area contributed by atoms with Crippen LogP contribution in [0.15, 0.2) is 36.5 Å². The maximum absolute atomic E-state index is 12.7. The van der Waals surface area contributed by atoms with E-state index in [0.29, 0.717) is 5.82 Å². The van der Waals surface area contributed by atoms with Crippen molar-refractivity contribution in [3.05, 3.63) is 42.1 Å². The number of anilines is 3. The molecule has 118 valence electrons. The molecule has 1 heterocycles. The summed E-state index contributed by atoms with van der Waals surface area (Å²) in [7, 11) is 0. The molecule has 0 spiro atoms. The first-order valence-corrected chi connectivity index (χ1v) is 6.53. The van der Waals surface area contributed by atoms with E-state index < -0.39 is 11.7 Å². The predicted octanol–water partition coefficient (Wildman–Crippen LogP) is 3.03. The summed E-state index contributed by atoms with van der Waals surface area (Å²) in [6.07, 6.45) is -2.94. The smallest absolute Gasteiger partial charge is 0.394 e. The Labute approximate surface area is 125 Å². The summed E-state index contributed by atoms with van der Waals surface area (Å²) in [5.74, 6) is 0.625. The summed E-state index contributed by atoms with van der Waals surface area (Å²) in [6.45, 7) is 1.70. The Balaban J connectivity index is 2.15. The Morgan fingerprint density at radius 2 is 2.05 bits per heavy atom. The number of nitrogens with zero attached hydrogens (tertiary/aromatic N) is 2. The summed E-state index contributed by atoms with van der Waals surface area (Å²) >= 11 is 0. The molecule has 22 heavy (non-hydrogen) atoms. The van der Waals surface area contributed by atoms with Crippen molar-refractivity contribution in [1.82, 2.24) is 9.97 Å². The van der Waals surface area contributed by atoms with Gasteiger partial charge in [-0.2, -0.15) is 18.2 Å². The lowest BCUT2D eigenvalue weighted by Gasteiger charge is -2.13. The summed E-state index contributed by atoms with van der Waals surface area (Å²) < 4.78 is 38.0. The van der Waals surface area contributed by atoms with Crippen molar-refractivity contribution in [2.45, 2.75) is 19.1 Å². The van der Waals surface area contributed by atoms with E-state index in [0.717, 1.165) is 12.1 Å². The lowest BCUT2D eigenvalue weighted by molar-refractivity contribution is -0.137. The van der Waals surface area contributed by atoms with E-state index >= 15 is 0 Å². The SMILES string of the molecule is C[C@H](CO)Nc1ccnc(Nc2cccc(C(F)(F)F)c2)n1. The molecule has 0 saturated carbocycles. The van der Waals surface area contributed by atoms with Crippen LogP contribution >= 0.6 is 0 Å². The summed E-state index contributed by atoms with van der Waals surface area (Å²) in [5.41, 5.74) is -0.511. The zero-order valence-corrected chi connectivity index (χ0v) is 11.7. The third kappa shape index (κ3) is 4.32. The molecule has 3 N–H and O–H groups in total. The first-order chi connectivity index (χ1) is 10.4. The number of aromatic nitrogens is 2. The molecule has 0 fully saturated rings. The van der Waals surface area contributed by atoms with Gasteiger partial charge in [0, 0.05) is 17.9 Å². The quantitative estimate of drug-likeness (QED) is 0.791. The summed E-state index contributed by atoms with van der Waals surface area (Å²) in [5, 5.41) is 14.6. The average molecular weight is 312 g/mol. The molecular weight excluding hydrogens is 297 g/mol. The fraction of sp³-hybridized carbons (Fsp3) is 0.286. The van der Waals surface area contributed by atoms with E-state index in [9.17, 15) is 13.2 Å². The molecule has 0 unspecified atom stereocenters. The van der Waals surface area contributed by atoms with Crippen LogP contribution in [-0.2, 0) is 6.18 Å². The number of nitrogens with one attached hydrogen (secondary N) is 2. The second kappa shape index (κ2) is 6.61. The number of aliphatic hydroxyl groups excluding tert-OH is 1. The Bertz CT molecular complexity index is 633. The van der Waals surface area contributed by atoms with Crippen molar-refractivity contribution in [2.24, 2.45) is 0 Å². The number of rotatable bonds is 5. The maximum Gasteiger partial charge on any atom is 0.416 e. The van der Waals surface area contributed by atoms with Crippen molar-refractivity contribution in [1.29, 1.82) is 0 Å². The Kier molecular flexibility index (Phi) is 4.81. The molecule has 8 heteroatoms. The Morgan fingerprint density at radius 1 is 1.27 bits per heavy atom. The average Bonchev–Trinajstić information content (AvgIpc) is 2.47. The second-order valence-electron chi connectivity index (χ2n) is 4.70. The van der Waals surface area contributed by atoms with Crippen molar-refractivity contribution in [3.8, 4) is 0 Å². The van der Waals surface area contributed by atoms with E-state index in [1.54, 1.807) is 13.0 Å². The van der Waals surface area contributed by atoms with Gasteiger partial charge in [-0.15, -0.1) is 0 Å². The van der Waals surface area contributed by atoms with E-state index in [4.69, 9.17) is 5.11 Å². The molecule has 5 nitrogen and oxygen atoms in total. The minimum atomic E-state index is -4.40. The zero-order valence-electron chi connectivity index (χ0n) is 11.7. The van der Waals surface area contributed by atoms with Crippen LogP contribution in [0.25, 0.3) is 0 Å². The monoisotopic (exact) mass is 312 g/mol. The van der Waals surface area contributed by atoms with Gasteiger partial charge in [0.05, 0.1) is 12.2 Å². The van der Waals surface area contributed by atoms with Crippen LogP contribution in [0.4, 0.5) is 30.6 Å². The number of aliphatic hydroxyl groups is 1.